The third-order valence-corrected chi connectivity index (χ3v) is 7.77. The molecule has 4 rings (SSSR count). The molecule has 2 saturated carbocycles. The Kier molecular flexibility index (Phi) is 7.72. The zero-order chi connectivity index (χ0) is 21.6. The van der Waals surface area contributed by atoms with Crippen LogP contribution < -0.4 is 0 Å². The van der Waals surface area contributed by atoms with Crippen LogP contribution >= 0.6 is 0 Å². The molecule has 1 nitrogen and oxygen atoms in total. The Morgan fingerprint density at radius 2 is 1.33 bits per heavy atom. The van der Waals surface area contributed by atoms with E-state index in [1.54, 1.807) is 0 Å². The normalized spacial score (nSPS) is 26.6. The van der Waals surface area contributed by atoms with Crippen molar-refractivity contribution in [2.24, 2.45) is 29.6 Å². The van der Waals surface area contributed by atoms with Gasteiger partial charge in [-0.15, -0.1) is 13.2 Å². The summed E-state index contributed by atoms with van der Waals surface area (Å²) < 4.78 is 0. The van der Waals surface area contributed by atoms with Crippen LogP contribution in [0.25, 0.3) is 0 Å². The van der Waals surface area contributed by atoms with Gasteiger partial charge in [0.1, 0.15) is 0 Å². The van der Waals surface area contributed by atoms with Gasteiger partial charge in [0.2, 0.25) is 0 Å². The van der Waals surface area contributed by atoms with Gasteiger partial charge < -0.3 is 5.11 Å². The van der Waals surface area contributed by atoms with Crippen molar-refractivity contribution in [2.45, 2.75) is 44.4 Å². The second-order valence-corrected chi connectivity index (χ2v) is 9.03. The van der Waals surface area contributed by atoms with E-state index in [9.17, 15) is 0 Å². The van der Waals surface area contributed by atoms with Gasteiger partial charge in [0, 0.05) is 12.5 Å². The number of aliphatic hydroxyl groups excluding tert-OH is 1. The smallest absolute Gasteiger partial charge is 0.0319 e. The first-order valence-electron chi connectivity index (χ1n) is 11.5. The van der Waals surface area contributed by atoms with Gasteiger partial charge in [-0.25, -0.2) is 0 Å². The van der Waals surface area contributed by atoms with Gasteiger partial charge >= 0.3 is 0 Å². The van der Waals surface area contributed by atoms with E-state index >= 15 is 0 Å². The van der Waals surface area contributed by atoms with Crippen LogP contribution in [0.1, 0.15) is 50.2 Å². The van der Waals surface area contributed by atoms with Crippen molar-refractivity contribution in [1.29, 1.82) is 0 Å². The molecule has 0 aliphatic heterocycles. The highest BCUT2D eigenvalue weighted by Gasteiger charge is 2.55. The van der Waals surface area contributed by atoms with Crippen LogP contribution in [0.15, 0.2) is 86.0 Å². The molecule has 2 aromatic carbocycles. The van der Waals surface area contributed by atoms with E-state index in [1.807, 2.05) is 0 Å². The Labute approximate surface area is 183 Å². The molecular weight excluding hydrogens is 364 g/mol. The van der Waals surface area contributed by atoms with Crippen LogP contribution in [0.3, 0.4) is 0 Å². The average Bonchev–Trinajstić information content (AvgIpc) is 3.46. The lowest BCUT2D eigenvalue weighted by molar-refractivity contribution is 0.152. The molecule has 1 heteroatoms. The van der Waals surface area contributed by atoms with E-state index in [1.165, 1.54) is 43.2 Å². The quantitative estimate of drug-likeness (QED) is 0.514. The molecule has 0 aromatic heterocycles. The summed E-state index contributed by atoms with van der Waals surface area (Å²) in [5, 5.41) is 7.00. The van der Waals surface area contributed by atoms with Gasteiger partial charge in [0.25, 0.3) is 0 Å². The number of hydrogen-bond acceptors (Lipinski definition) is 1. The summed E-state index contributed by atoms with van der Waals surface area (Å²) in [4.78, 5) is 0. The largest absolute Gasteiger partial charge is 0.400 e. The molecule has 2 aromatic rings. The van der Waals surface area contributed by atoms with Crippen LogP contribution in [0.4, 0.5) is 0 Å². The fourth-order valence-corrected chi connectivity index (χ4v) is 6.81. The van der Waals surface area contributed by atoms with E-state index in [-0.39, 0.29) is 5.41 Å². The zero-order valence-corrected chi connectivity index (χ0v) is 18.7. The minimum absolute atomic E-state index is 0.0506. The molecular formula is C29H38O. The predicted octanol–water partition coefficient (Wildman–Crippen LogP) is 7.03. The maximum Gasteiger partial charge on any atom is 0.0319 e. The lowest BCUT2D eigenvalue weighted by atomic mass is 9.54. The number of aliphatic hydroxyl groups is 1. The van der Waals surface area contributed by atoms with Gasteiger partial charge in [-0.1, -0.05) is 92.6 Å². The number of allylic oxidation sites excluding steroid dienone is 2. The van der Waals surface area contributed by atoms with Crippen molar-refractivity contribution in [1.82, 2.24) is 0 Å². The molecule has 4 atom stereocenters. The molecule has 0 spiro atoms. The maximum atomic E-state index is 7.00. The fraction of sp³-hybridized carbons (Fsp3) is 0.448. The molecule has 0 heterocycles. The summed E-state index contributed by atoms with van der Waals surface area (Å²) in [6.45, 7) is 11.0. The first-order chi connectivity index (χ1) is 14.7. The Morgan fingerprint density at radius 1 is 0.833 bits per heavy atom. The zero-order valence-electron chi connectivity index (χ0n) is 18.7. The molecule has 0 bridgehead atoms. The lowest BCUT2D eigenvalue weighted by Gasteiger charge is -2.49. The Hall–Kier alpha value is -2.12. The van der Waals surface area contributed by atoms with Gasteiger partial charge in [-0.2, -0.15) is 0 Å². The molecule has 2 fully saturated rings. The molecule has 160 valence electrons. The predicted molar refractivity (Wildman–Crippen MR) is 128 cm³/mol. The summed E-state index contributed by atoms with van der Waals surface area (Å²) in [6, 6.07) is 22.8. The molecule has 4 unspecified atom stereocenters. The Morgan fingerprint density at radius 3 is 1.77 bits per heavy atom. The average molecular weight is 403 g/mol. The van der Waals surface area contributed by atoms with E-state index in [0.717, 1.165) is 7.11 Å². The monoisotopic (exact) mass is 402 g/mol. The molecule has 2 aliphatic rings. The summed E-state index contributed by atoms with van der Waals surface area (Å²) in [7, 11) is 1.00. The van der Waals surface area contributed by atoms with E-state index in [4.69, 9.17) is 5.11 Å². The first-order valence-corrected chi connectivity index (χ1v) is 11.5. The summed E-state index contributed by atoms with van der Waals surface area (Å²) in [5.41, 5.74) is 3.05. The number of hydrogen-bond donors (Lipinski definition) is 1. The van der Waals surface area contributed by atoms with Crippen LogP contribution in [-0.2, 0) is 5.41 Å². The highest BCUT2D eigenvalue weighted by atomic mass is 16.2. The molecule has 0 amide bonds. The number of benzene rings is 2. The van der Waals surface area contributed by atoms with Crippen LogP contribution in [0.2, 0.25) is 0 Å². The topological polar surface area (TPSA) is 20.2 Å². The maximum absolute atomic E-state index is 7.00. The highest BCUT2D eigenvalue weighted by Crippen LogP contribution is 2.60. The summed E-state index contributed by atoms with van der Waals surface area (Å²) in [5.74, 6) is 2.91. The van der Waals surface area contributed by atoms with Gasteiger partial charge in [-0.3, -0.25) is 0 Å². The lowest BCUT2D eigenvalue weighted by Crippen LogP contribution is -2.46. The van der Waals surface area contributed by atoms with Crippen molar-refractivity contribution in [2.75, 3.05) is 7.11 Å². The fourth-order valence-electron chi connectivity index (χ4n) is 6.81. The molecule has 0 saturated heterocycles. The minimum atomic E-state index is 0.0506. The van der Waals surface area contributed by atoms with Crippen molar-refractivity contribution < 1.29 is 5.11 Å². The second-order valence-electron chi connectivity index (χ2n) is 9.03. The van der Waals surface area contributed by atoms with Crippen molar-refractivity contribution in [3.63, 3.8) is 0 Å². The van der Waals surface area contributed by atoms with Crippen LogP contribution in [0.5, 0.6) is 0 Å². The van der Waals surface area contributed by atoms with Crippen LogP contribution in [0, 0.1) is 29.6 Å². The van der Waals surface area contributed by atoms with Gasteiger partial charge in [0.05, 0.1) is 0 Å². The van der Waals surface area contributed by atoms with E-state index < -0.39 is 0 Å². The first kappa shape index (κ1) is 22.6. The Bertz CT molecular complexity index is 748. The van der Waals surface area contributed by atoms with Crippen molar-refractivity contribution in [3.8, 4) is 0 Å². The minimum Gasteiger partial charge on any atom is -0.400 e. The molecule has 1 N–H and O–H groups in total. The third kappa shape index (κ3) is 3.81. The SMILES string of the molecule is C=CC1CC(C)C(C(c2ccccc2)(c2ccccc2)C2CCCC2)C1C=C.CO. The summed E-state index contributed by atoms with van der Waals surface area (Å²) in [6.07, 6.45) is 11.0. The van der Waals surface area contributed by atoms with Crippen molar-refractivity contribution >= 4 is 0 Å². The molecule has 0 radical (unpaired) electrons. The van der Waals surface area contributed by atoms with E-state index in [0.29, 0.717) is 29.6 Å². The standard InChI is InChI=1S/C28H34.CH4O/c1-4-22-20-21(3)27(26(22)5-2)28(25-18-12-13-19-25,23-14-8-6-9-15-23)24-16-10-7-11-17-24;1-2/h4-11,14-17,21-22,25-27H,1-2,12-13,18-20H2,3H3;2H,1H3. The Balaban J connectivity index is 0.00000124. The van der Waals surface area contributed by atoms with Gasteiger partial charge in [0.15, 0.2) is 0 Å². The second kappa shape index (κ2) is 10.3. The van der Waals surface area contributed by atoms with E-state index in [2.05, 4.69) is 92.9 Å². The third-order valence-electron chi connectivity index (χ3n) is 7.77. The van der Waals surface area contributed by atoms with Crippen molar-refractivity contribution in [3.05, 3.63) is 97.1 Å². The highest BCUT2D eigenvalue weighted by molar-refractivity contribution is 5.43. The number of rotatable bonds is 6. The molecule has 2 aliphatic carbocycles. The van der Waals surface area contributed by atoms with Gasteiger partial charge in [-0.05, 0) is 60.0 Å². The summed E-state index contributed by atoms with van der Waals surface area (Å²) >= 11 is 0. The van der Waals surface area contributed by atoms with Crippen LogP contribution in [-0.4, -0.2) is 12.2 Å². The molecule has 30 heavy (non-hydrogen) atoms.